The summed E-state index contributed by atoms with van der Waals surface area (Å²) in [4.78, 5) is 3.99. The van der Waals surface area contributed by atoms with E-state index in [2.05, 4.69) is 37.9 Å². The van der Waals surface area contributed by atoms with E-state index >= 15 is 0 Å². The largest absolute Gasteiger partial charge is 0.265 e. The van der Waals surface area contributed by atoms with E-state index < -0.39 is 0 Å². The van der Waals surface area contributed by atoms with Gasteiger partial charge in [-0.3, -0.25) is 4.98 Å². The Labute approximate surface area is 74.8 Å². The zero-order valence-corrected chi connectivity index (χ0v) is 8.17. The standard InChI is InChI=1S/C11H17N/c1-11(2,3)7-4-10-5-8-12-9-6-10/h5-6,8-9H,4,7H2,1-3H3. The van der Waals surface area contributed by atoms with Gasteiger partial charge in [-0.15, -0.1) is 0 Å². The summed E-state index contributed by atoms with van der Waals surface area (Å²) in [6.07, 6.45) is 6.11. The molecule has 0 unspecified atom stereocenters. The minimum Gasteiger partial charge on any atom is -0.265 e. The number of aryl methyl sites for hydroxylation is 1. The number of hydrogen-bond donors (Lipinski definition) is 0. The van der Waals surface area contributed by atoms with Crippen LogP contribution in [0.1, 0.15) is 32.8 Å². The van der Waals surface area contributed by atoms with Crippen LogP contribution in [0.15, 0.2) is 24.5 Å². The highest BCUT2D eigenvalue weighted by Gasteiger charge is 2.09. The smallest absolute Gasteiger partial charge is 0.0270 e. The molecule has 0 saturated heterocycles. The highest BCUT2D eigenvalue weighted by Crippen LogP contribution is 2.20. The van der Waals surface area contributed by atoms with E-state index in [9.17, 15) is 0 Å². The van der Waals surface area contributed by atoms with Gasteiger partial charge in [0.2, 0.25) is 0 Å². The van der Waals surface area contributed by atoms with E-state index in [0.717, 1.165) is 6.42 Å². The number of rotatable bonds is 2. The Balaban J connectivity index is 2.44. The third-order valence-corrected chi connectivity index (χ3v) is 1.91. The molecular weight excluding hydrogens is 146 g/mol. The quantitative estimate of drug-likeness (QED) is 0.653. The number of nitrogens with zero attached hydrogens (tertiary/aromatic N) is 1. The van der Waals surface area contributed by atoms with Crippen molar-refractivity contribution in [2.75, 3.05) is 0 Å². The van der Waals surface area contributed by atoms with Crippen LogP contribution in [0.4, 0.5) is 0 Å². The van der Waals surface area contributed by atoms with Crippen LogP contribution in [0.2, 0.25) is 0 Å². The van der Waals surface area contributed by atoms with Crippen LogP contribution in [0.3, 0.4) is 0 Å². The Kier molecular flexibility index (Phi) is 2.85. The predicted octanol–water partition coefficient (Wildman–Crippen LogP) is 3.06. The summed E-state index contributed by atoms with van der Waals surface area (Å²) in [5.41, 5.74) is 1.82. The van der Waals surface area contributed by atoms with Crippen LogP contribution in [-0.2, 0) is 6.42 Å². The van der Waals surface area contributed by atoms with Gasteiger partial charge in [0.15, 0.2) is 0 Å². The summed E-state index contributed by atoms with van der Waals surface area (Å²) < 4.78 is 0. The van der Waals surface area contributed by atoms with Crippen molar-refractivity contribution < 1.29 is 0 Å². The molecule has 0 amide bonds. The van der Waals surface area contributed by atoms with E-state index in [1.54, 1.807) is 0 Å². The maximum atomic E-state index is 3.99. The van der Waals surface area contributed by atoms with E-state index in [1.807, 2.05) is 12.4 Å². The van der Waals surface area contributed by atoms with Gasteiger partial charge >= 0.3 is 0 Å². The Morgan fingerprint density at radius 2 is 1.75 bits per heavy atom. The second-order valence-electron chi connectivity index (χ2n) is 4.42. The first-order chi connectivity index (χ1) is 5.58. The van der Waals surface area contributed by atoms with Gasteiger partial charge in [0.25, 0.3) is 0 Å². The fourth-order valence-corrected chi connectivity index (χ4v) is 1.07. The molecule has 0 aliphatic rings. The molecule has 0 aliphatic heterocycles. The molecule has 0 fully saturated rings. The molecule has 66 valence electrons. The van der Waals surface area contributed by atoms with Crippen LogP contribution in [0.5, 0.6) is 0 Å². The third-order valence-electron chi connectivity index (χ3n) is 1.91. The zero-order valence-electron chi connectivity index (χ0n) is 8.17. The summed E-state index contributed by atoms with van der Waals surface area (Å²) in [6.45, 7) is 6.82. The lowest BCUT2D eigenvalue weighted by atomic mass is 9.89. The average Bonchev–Trinajstić information content (AvgIpc) is 2.02. The molecule has 1 nitrogen and oxygen atoms in total. The van der Waals surface area contributed by atoms with Gasteiger partial charge in [0.05, 0.1) is 0 Å². The summed E-state index contributed by atoms with van der Waals surface area (Å²) >= 11 is 0. The highest BCUT2D eigenvalue weighted by atomic mass is 14.6. The first-order valence-electron chi connectivity index (χ1n) is 4.47. The fourth-order valence-electron chi connectivity index (χ4n) is 1.07. The molecule has 1 rings (SSSR count). The topological polar surface area (TPSA) is 12.9 Å². The molecule has 1 heterocycles. The third kappa shape index (κ3) is 3.51. The lowest BCUT2D eigenvalue weighted by Crippen LogP contribution is -2.06. The summed E-state index contributed by atoms with van der Waals surface area (Å²) in [5.74, 6) is 0. The second kappa shape index (κ2) is 3.70. The van der Waals surface area contributed by atoms with Crippen LogP contribution < -0.4 is 0 Å². The predicted molar refractivity (Wildman–Crippen MR) is 52.0 cm³/mol. The molecule has 1 aromatic heterocycles. The van der Waals surface area contributed by atoms with Gasteiger partial charge in [-0.25, -0.2) is 0 Å². The van der Waals surface area contributed by atoms with E-state index in [-0.39, 0.29) is 0 Å². The van der Waals surface area contributed by atoms with Crippen molar-refractivity contribution in [2.45, 2.75) is 33.6 Å². The van der Waals surface area contributed by atoms with E-state index in [4.69, 9.17) is 0 Å². The molecule has 0 radical (unpaired) electrons. The molecule has 0 spiro atoms. The van der Waals surface area contributed by atoms with Crippen molar-refractivity contribution in [3.05, 3.63) is 30.1 Å². The zero-order chi connectivity index (χ0) is 9.03. The SMILES string of the molecule is CC(C)(C)CCc1ccncc1. The molecule has 0 aliphatic carbocycles. The molecule has 0 N–H and O–H groups in total. The van der Waals surface area contributed by atoms with Gasteiger partial charge < -0.3 is 0 Å². The van der Waals surface area contributed by atoms with Crippen molar-refractivity contribution in [1.82, 2.24) is 4.98 Å². The van der Waals surface area contributed by atoms with Gasteiger partial charge in [0.1, 0.15) is 0 Å². The highest BCUT2D eigenvalue weighted by molar-refractivity contribution is 5.09. The summed E-state index contributed by atoms with van der Waals surface area (Å²) in [6, 6.07) is 4.18. The van der Waals surface area contributed by atoms with Crippen molar-refractivity contribution in [1.29, 1.82) is 0 Å². The van der Waals surface area contributed by atoms with E-state index in [1.165, 1.54) is 12.0 Å². The molecular formula is C11H17N. The van der Waals surface area contributed by atoms with Crippen molar-refractivity contribution in [3.8, 4) is 0 Å². The number of hydrogen-bond acceptors (Lipinski definition) is 1. The monoisotopic (exact) mass is 163 g/mol. The molecule has 1 heteroatoms. The molecule has 0 atom stereocenters. The van der Waals surface area contributed by atoms with Crippen molar-refractivity contribution in [3.63, 3.8) is 0 Å². The molecule has 0 bridgehead atoms. The minimum absolute atomic E-state index is 0.434. The minimum atomic E-state index is 0.434. The molecule has 0 aromatic carbocycles. The van der Waals surface area contributed by atoms with Crippen LogP contribution in [0.25, 0.3) is 0 Å². The average molecular weight is 163 g/mol. The maximum Gasteiger partial charge on any atom is 0.0270 e. The van der Waals surface area contributed by atoms with Crippen molar-refractivity contribution in [2.24, 2.45) is 5.41 Å². The molecule has 0 saturated carbocycles. The van der Waals surface area contributed by atoms with Crippen LogP contribution in [-0.4, -0.2) is 4.98 Å². The number of aromatic nitrogens is 1. The van der Waals surface area contributed by atoms with Crippen LogP contribution >= 0.6 is 0 Å². The second-order valence-corrected chi connectivity index (χ2v) is 4.42. The Morgan fingerprint density at radius 1 is 1.17 bits per heavy atom. The maximum absolute atomic E-state index is 3.99. The lowest BCUT2D eigenvalue weighted by Gasteiger charge is -2.17. The first-order valence-corrected chi connectivity index (χ1v) is 4.47. The fraction of sp³-hybridized carbons (Fsp3) is 0.545. The Hall–Kier alpha value is -0.850. The van der Waals surface area contributed by atoms with Gasteiger partial charge in [-0.05, 0) is 36.0 Å². The summed E-state index contributed by atoms with van der Waals surface area (Å²) in [7, 11) is 0. The molecule has 1 aromatic rings. The Bertz CT molecular complexity index is 221. The molecule has 12 heavy (non-hydrogen) atoms. The Morgan fingerprint density at radius 3 is 2.25 bits per heavy atom. The van der Waals surface area contributed by atoms with E-state index in [0.29, 0.717) is 5.41 Å². The first kappa shape index (κ1) is 9.24. The number of pyridine rings is 1. The summed E-state index contributed by atoms with van der Waals surface area (Å²) in [5, 5.41) is 0. The van der Waals surface area contributed by atoms with Gasteiger partial charge in [-0.2, -0.15) is 0 Å². The van der Waals surface area contributed by atoms with Gasteiger partial charge in [-0.1, -0.05) is 20.8 Å². The normalized spacial score (nSPS) is 11.6. The van der Waals surface area contributed by atoms with Crippen molar-refractivity contribution >= 4 is 0 Å². The van der Waals surface area contributed by atoms with Gasteiger partial charge in [0, 0.05) is 12.4 Å². The lowest BCUT2D eigenvalue weighted by molar-refractivity contribution is 0.378. The van der Waals surface area contributed by atoms with Crippen LogP contribution in [0, 0.1) is 5.41 Å².